The maximum atomic E-state index is 12.3. The molecular formula is C15H26N2O. The Labute approximate surface area is 111 Å². The van der Waals surface area contributed by atoms with E-state index in [-0.39, 0.29) is 11.8 Å². The van der Waals surface area contributed by atoms with Gasteiger partial charge < -0.3 is 9.80 Å². The number of amides is 1. The fourth-order valence-corrected chi connectivity index (χ4v) is 2.41. The van der Waals surface area contributed by atoms with E-state index in [0.29, 0.717) is 0 Å². The van der Waals surface area contributed by atoms with Crippen LogP contribution in [-0.2, 0) is 4.79 Å². The second kappa shape index (κ2) is 6.74. The number of hydrogen-bond donors (Lipinski definition) is 0. The van der Waals surface area contributed by atoms with E-state index in [9.17, 15) is 4.79 Å². The third kappa shape index (κ3) is 3.70. The van der Waals surface area contributed by atoms with Gasteiger partial charge in [0.05, 0.1) is 5.92 Å². The van der Waals surface area contributed by atoms with Gasteiger partial charge in [0.1, 0.15) is 0 Å². The molecule has 1 aliphatic heterocycles. The monoisotopic (exact) mass is 250 g/mol. The predicted molar refractivity (Wildman–Crippen MR) is 76.2 cm³/mol. The van der Waals surface area contributed by atoms with Crippen molar-refractivity contribution in [2.75, 3.05) is 26.2 Å². The lowest BCUT2D eigenvalue weighted by Crippen LogP contribution is -2.39. The zero-order valence-electron chi connectivity index (χ0n) is 12.4. The molecule has 1 heterocycles. The maximum absolute atomic E-state index is 12.3. The molecule has 1 atom stereocenters. The molecule has 0 saturated heterocycles. The van der Waals surface area contributed by atoms with Crippen LogP contribution in [0.1, 0.15) is 34.6 Å². The van der Waals surface area contributed by atoms with Crippen LogP contribution in [0.5, 0.6) is 0 Å². The molecule has 1 amide bonds. The Hall–Kier alpha value is -1.09. The average Bonchev–Trinajstić information content (AvgIpc) is 2.41. The van der Waals surface area contributed by atoms with Crippen molar-refractivity contribution >= 4 is 5.91 Å². The van der Waals surface area contributed by atoms with Crippen LogP contribution in [-0.4, -0.2) is 41.9 Å². The number of hydrogen-bond acceptors (Lipinski definition) is 2. The van der Waals surface area contributed by atoms with Gasteiger partial charge in [-0.1, -0.05) is 32.4 Å². The summed E-state index contributed by atoms with van der Waals surface area (Å²) in [5.41, 5.74) is 2.24. The molecule has 0 spiro atoms. The molecule has 0 fully saturated rings. The lowest BCUT2D eigenvalue weighted by molar-refractivity contribution is -0.131. The van der Waals surface area contributed by atoms with Crippen molar-refractivity contribution in [2.24, 2.45) is 5.92 Å². The molecule has 0 aromatic carbocycles. The number of allylic oxidation sites excluding steroid dienone is 3. The first kappa shape index (κ1) is 15.0. The molecule has 0 aromatic heterocycles. The Morgan fingerprint density at radius 2 is 1.89 bits per heavy atom. The molecule has 0 radical (unpaired) electrons. The van der Waals surface area contributed by atoms with Gasteiger partial charge in [-0.15, -0.1) is 0 Å². The molecule has 102 valence electrons. The van der Waals surface area contributed by atoms with Crippen LogP contribution in [0.3, 0.4) is 0 Å². The van der Waals surface area contributed by atoms with Crippen LogP contribution in [0, 0.1) is 5.92 Å². The summed E-state index contributed by atoms with van der Waals surface area (Å²) in [5.74, 6) is 0.197. The third-order valence-electron chi connectivity index (χ3n) is 3.57. The molecule has 1 aliphatic rings. The number of rotatable bonds is 5. The standard InChI is InChI=1S/C15H26N2O/c1-6-16(7-2)8-9-17-14(5)11-12(3)10-13(4)15(17)18/h10-11,13H,6-9H2,1-5H3. The van der Waals surface area contributed by atoms with Gasteiger partial charge in [-0.05, 0) is 33.0 Å². The molecule has 0 aromatic rings. The van der Waals surface area contributed by atoms with Crippen molar-refractivity contribution in [3.8, 4) is 0 Å². The highest BCUT2D eigenvalue weighted by Gasteiger charge is 2.22. The van der Waals surface area contributed by atoms with E-state index < -0.39 is 0 Å². The Balaban J connectivity index is 2.74. The van der Waals surface area contributed by atoms with Crippen LogP contribution < -0.4 is 0 Å². The zero-order chi connectivity index (χ0) is 13.7. The first-order valence-corrected chi connectivity index (χ1v) is 6.90. The van der Waals surface area contributed by atoms with E-state index in [2.05, 4.69) is 31.7 Å². The number of carbonyl (C=O) groups is 1. The molecule has 0 saturated carbocycles. The summed E-state index contributed by atoms with van der Waals surface area (Å²) < 4.78 is 0. The van der Waals surface area contributed by atoms with Gasteiger partial charge in [-0.3, -0.25) is 4.79 Å². The van der Waals surface area contributed by atoms with Gasteiger partial charge in [0.2, 0.25) is 5.91 Å². The highest BCUT2D eigenvalue weighted by molar-refractivity contribution is 5.82. The molecule has 0 bridgehead atoms. The summed E-state index contributed by atoms with van der Waals surface area (Å²) in [7, 11) is 0. The van der Waals surface area contributed by atoms with Gasteiger partial charge >= 0.3 is 0 Å². The smallest absolute Gasteiger partial charge is 0.233 e. The Morgan fingerprint density at radius 1 is 1.28 bits per heavy atom. The normalized spacial score (nSPS) is 20.9. The maximum Gasteiger partial charge on any atom is 0.233 e. The van der Waals surface area contributed by atoms with E-state index in [0.717, 1.165) is 31.9 Å². The van der Waals surface area contributed by atoms with E-state index in [1.165, 1.54) is 5.57 Å². The molecule has 1 rings (SSSR count). The van der Waals surface area contributed by atoms with Crippen LogP contribution in [0.2, 0.25) is 0 Å². The summed E-state index contributed by atoms with van der Waals surface area (Å²) >= 11 is 0. The highest BCUT2D eigenvalue weighted by Crippen LogP contribution is 2.19. The topological polar surface area (TPSA) is 23.6 Å². The first-order valence-electron chi connectivity index (χ1n) is 6.90. The van der Waals surface area contributed by atoms with Crippen molar-refractivity contribution in [1.82, 2.24) is 9.80 Å². The van der Waals surface area contributed by atoms with Crippen molar-refractivity contribution in [3.63, 3.8) is 0 Å². The number of nitrogens with zero attached hydrogens (tertiary/aromatic N) is 2. The van der Waals surface area contributed by atoms with E-state index in [1.807, 2.05) is 24.8 Å². The van der Waals surface area contributed by atoms with Gasteiger partial charge in [0, 0.05) is 18.8 Å². The van der Waals surface area contributed by atoms with Crippen molar-refractivity contribution in [2.45, 2.75) is 34.6 Å². The molecule has 1 unspecified atom stereocenters. The van der Waals surface area contributed by atoms with Gasteiger partial charge in [0.15, 0.2) is 0 Å². The second-order valence-corrected chi connectivity index (χ2v) is 5.00. The summed E-state index contributed by atoms with van der Waals surface area (Å²) in [4.78, 5) is 16.6. The van der Waals surface area contributed by atoms with Crippen LogP contribution in [0.15, 0.2) is 23.4 Å². The fraction of sp³-hybridized carbons (Fsp3) is 0.667. The Bertz CT molecular complexity index is 354. The zero-order valence-corrected chi connectivity index (χ0v) is 12.4. The van der Waals surface area contributed by atoms with Gasteiger partial charge in [0.25, 0.3) is 0 Å². The van der Waals surface area contributed by atoms with Crippen LogP contribution >= 0.6 is 0 Å². The molecule has 0 aliphatic carbocycles. The fourth-order valence-electron chi connectivity index (χ4n) is 2.41. The summed E-state index contributed by atoms with van der Waals surface area (Å²) in [5, 5.41) is 0. The van der Waals surface area contributed by atoms with Gasteiger partial charge in [-0.2, -0.15) is 0 Å². The highest BCUT2D eigenvalue weighted by atomic mass is 16.2. The molecule has 18 heavy (non-hydrogen) atoms. The van der Waals surface area contributed by atoms with Crippen molar-refractivity contribution in [1.29, 1.82) is 0 Å². The molecule has 3 nitrogen and oxygen atoms in total. The van der Waals surface area contributed by atoms with Crippen molar-refractivity contribution in [3.05, 3.63) is 23.4 Å². The lowest BCUT2D eigenvalue weighted by Gasteiger charge is -2.27. The lowest BCUT2D eigenvalue weighted by atomic mass is 10.1. The molecule has 0 N–H and O–H groups in total. The minimum Gasteiger partial charge on any atom is -0.315 e. The average molecular weight is 250 g/mol. The minimum atomic E-state index is -0.0181. The number of likely N-dealkylation sites (N-methyl/N-ethyl adjacent to an activating group) is 1. The summed E-state index contributed by atoms with van der Waals surface area (Å²) in [6.45, 7) is 14.2. The minimum absolute atomic E-state index is 0.0181. The van der Waals surface area contributed by atoms with E-state index in [1.54, 1.807) is 0 Å². The SMILES string of the molecule is CCN(CC)CCN1C(=O)C(C)C=C(C)C=C1C. The predicted octanol–water partition coefficient (Wildman–Crippen LogP) is 2.66. The van der Waals surface area contributed by atoms with Gasteiger partial charge in [-0.25, -0.2) is 0 Å². The van der Waals surface area contributed by atoms with Crippen LogP contribution in [0.4, 0.5) is 0 Å². The first-order chi connectivity index (χ1) is 8.49. The van der Waals surface area contributed by atoms with Crippen LogP contribution in [0.25, 0.3) is 0 Å². The van der Waals surface area contributed by atoms with E-state index >= 15 is 0 Å². The molecule has 3 heteroatoms. The third-order valence-corrected chi connectivity index (χ3v) is 3.57. The second-order valence-electron chi connectivity index (χ2n) is 5.00. The Morgan fingerprint density at radius 3 is 2.44 bits per heavy atom. The summed E-state index contributed by atoms with van der Waals surface area (Å²) in [6.07, 6.45) is 4.15. The summed E-state index contributed by atoms with van der Waals surface area (Å²) in [6, 6.07) is 0. The van der Waals surface area contributed by atoms with E-state index in [4.69, 9.17) is 0 Å². The molecular weight excluding hydrogens is 224 g/mol. The largest absolute Gasteiger partial charge is 0.315 e. The van der Waals surface area contributed by atoms with Crippen molar-refractivity contribution < 1.29 is 4.79 Å². The number of carbonyl (C=O) groups excluding carboxylic acids is 1. The Kier molecular flexibility index (Phi) is 5.60. The quantitative estimate of drug-likeness (QED) is 0.749.